The first-order valence-corrected chi connectivity index (χ1v) is 9.25. The number of aryl methyl sites for hydroxylation is 2. The monoisotopic (exact) mass is 376 g/mol. The molecular formula is C20H29ClN4O. The van der Waals surface area contributed by atoms with E-state index in [0.29, 0.717) is 6.04 Å². The second-order valence-corrected chi connectivity index (χ2v) is 6.87. The quantitative estimate of drug-likeness (QED) is 0.868. The fraction of sp³-hybridized carbons (Fsp3) is 0.500. The first kappa shape index (κ1) is 20.5. The number of benzene rings is 1. The summed E-state index contributed by atoms with van der Waals surface area (Å²) in [6.07, 6.45) is 3.06. The van der Waals surface area contributed by atoms with Crippen molar-refractivity contribution in [1.82, 2.24) is 20.0 Å². The van der Waals surface area contributed by atoms with E-state index in [9.17, 15) is 4.79 Å². The van der Waals surface area contributed by atoms with E-state index in [4.69, 9.17) is 0 Å². The Bertz CT molecular complexity index is 720. The van der Waals surface area contributed by atoms with Crippen LogP contribution < -0.4 is 5.32 Å². The van der Waals surface area contributed by atoms with Crippen LogP contribution in [-0.4, -0.2) is 46.3 Å². The number of halogens is 1. The molecule has 0 aliphatic carbocycles. The Balaban J connectivity index is 0.00000243. The maximum Gasteiger partial charge on any atom is 0.254 e. The lowest BCUT2D eigenvalue weighted by molar-refractivity contribution is 0.0642. The van der Waals surface area contributed by atoms with Gasteiger partial charge < -0.3 is 10.2 Å². The van der Waals surface area contributed by atoms with Crippen LogP contribution in [0.15, 0.2) is 30.3 Å². The van der Waals surface area contributed by atoms with Crippen LogP contribution in [-0.2, 0) is 0 Å². The highest BCUT2D eigenvalue weighted by molar-refractivity contribution is 5.94. The number of carbonyl (C=O) groups excluding carboxylic acids is 1. The maximum absolute atomic E-state index is 13.0. The molecule has 1 aromatic heterocycles. The molecule has 0 saturated carbocycles. The fourth-order valence-corrected chi connectivity index (χ4v) is 3.61. The lowest BCUT2D eigenvalue weighted by Crippen LogP contribution is -2.46. The molecule has 0 unspecified atom stereocenters. The topological polar surface area (TPSA) is 50.2 Å². The van der Waals surface area contributed by atoms with Crippen LogP contribution in [0.1, 0.15) is 47.9 Å². The number of aromatic nitrogens is 2. The zero-order valence-electron chi connectivity index (χ0n) is 15.9. The van der Waals surface area contributed by atoms with Crippen LogP contribution in [0.2, 0.25) is 0 Å². The minimum Gasteiger partial charge on any atom is -0.336 e. The number of piperidine rings is 1. The summed E-state index contributed by atoms with van der Waals surface area (Å²) in [6, 6.07) is 10.2. The Morgan fingerprint density at radius 3 is 2.42 bits per heavy atom. The SMILES string of the molecule is CCCN(C(=O)c1ccc(-n2nc(C)cc2C)cc1)C1CCNCC1.Cl. The molecule has 2 heterocycles. The second kappa shape index (κ2) is 9.19. The minimum absolute atomic E-state index is 0. The zero-order chi connectivity index (χ0) is 17.8. The summed E-state index contributed by atoms with van der Waals surface area (Å²) < 4.78 is 1.92. The van der Waals surface area contributed by atoms with E-state index in [-0.39, 0.29) is 18.3 Å². The van der Waals surface area contributed by atoms with Crippen molar-refractivity contribution in [3.05, 3.63) is 47.3 Å². The Morgan fingerprint density at radius 2 is 1.88 bits per heavy atom. The molecule has 1 fully saturated rings. The molecule has 142 valence electrons. The van der Waals surface area contributed by atoms with Gasteiger partial charge in [0.1, 0.15) is 0 Å². The van der Waals surface area contributed by atoms with E-state index in [1.807, 2.05) is 42.8 Å². The predicted octanol–water partition coefficient (Wildman–Crippen LogP) is 3.52. The highest BCUT2D eigenvalue weighted by Crippen LogP contribution is 2.18. The molecule has 1 saturated heterocycles. The molecule has 1 aliphatic rings. The van der Waals surface area contributed by atoms with Gasteiger partial charge in [0.2, 0.25) is 0 Å². The number of amides is 1. The van der Waals surface area contributed by atoms with Gasteiger partial charge in [-0.05, 0) is 76.5 Å². The predicted molar refractivity (Wildman–Crippen MR) is 108 cm³/mol. The molecule has 26 heavy (non-hydrogen) atoms. The minimum atomic E-state index is 0. The number of nitrogens with zero attached hydrogens (tertiary/aromatic N) is 3. The summed E-state index contributed by atoms with van der Waals surface area (Å²) in [5.74, 6) is 0.147. The zero-order valence-corrected chi connectivity index (χ0v) is 16.7. The van der Waals surface area contributed by atoms with Crippen molar-refractivity contribution in [2.24, 2.45) is 0 Å². The third kappa shape index (κ3) is 4.46. The first-order valence-electron chi connectivity index (χ1n) is 9.25. The summed E-state index contributed by atoms with van der Waals surface area (Å²) >= 11 is 0. The van der Waals surface area contributed by atoms with Crippen LogP contribution in [0.4, 0.5) is 0 Å². The van der Waals surface area contributed by atoms with Gasteiger partial charge in [0.05, 0.1) is 11.4 Å². The average molecular weight is 377 g/mol. The van der Waals surface area contributed by atoms with E-state index in [1.54, 1.807) is 0 Å². The first-order chi connectivity index (χ1) is 12.1. The molecule has 5 nitrogen and oxygen atoms in total. The Hall–Kier alpha value is -1.85. The average Bonchev–Trinajstić information content (AvgIpc) is 2.98. The number of carbonyl (C=O) groups is 1. The van der Waals surface area contributed by atoms with Crippen molar-refractivity contribution in [2.75, 3.05) is 19.6 Å². The molecule has 2 aromatic rings. The standard InChI is InChI=1S/C20H28N4O.ClH/c1-4-13-23(18-9-11-21-12-10-18)20(25)17-5-7-19(8-6-17)24-16(3)14-15(2)22-24;/h5-8,14,18,21H,4,9-13H2,1-3H3;1H. The summed E-state index contributed by atoms with van der Waals surface area (Å²) in [5.41, 5.74) is 3.85. The van der Waals surface area contributed by atoms with E-state index in [2.05, 4.69) is 28.3 Å². The Morgan fingerprint density at radius 1 is 1.23 bits per heavy atom. The van der Waals surface area contributed by atoms with Crippen LogP contribution in [0.5, 0.6) is 0 Å². The molecule has 1 aliphatic heterocycles. The van der Waals surface area contributed by atoms with Crippen molar-refractivity contribution < 1.29 is 4.79 Å². The maximum atomic E-state index is 13.0. The van der Waals surface area contributed by atoms with Crippen molar-refractivity contribution in [3.8, 4) is 5.69 Å². The van der Waals surface area contributed by atoms with Gasteiger partial charge in [0.25, 0.3) is 5.91 Å². The van der Waals surface area contributed by atoms with Crippen molar-refractivity contribution in [2.45, 2.75) is 46.1 Å². The largest absolute Gasteiger partial charge is 0.336 e. The van der Waals surface area contributed by atoms with Gasteiger partial charge >= 0.3 is 0 Å². The molecule has 6 heteroatoms. The van der Waals surface area contributed by atoms with E-state index >= 15 is 0 Å². The molecule has 0 bridgehead atoms. The normalized spacial score (nSPS) is 14.7. The van der Waals surface area contributed by atoms with Crippen LogP contribution in [0, 0.1) is 13.8 Å². The van der Waals surface area contributed by atoms with Crippen LogP contribution in [0.3, 0.4) is 0 Å². The van der Waals surface area contributed by atoms with Crippen LogP contribution in [0.25, 0.3) is 5.69 Å². The van der Waals surface area contributed by atoms with Gasteiger partial charge in [-0.15, -0.1) is 12.4 Å². The number of nitrogens with one attached hydrogen (secondary N) is 1. The number of rotatable bonds is 5. The number of hydrogen-bond acceptors (Lipinski definition) is 3. The molecule has 1 N–H and O–H groups in total. The summed E-state index contributed by atoms with van der Waals surface area (Å²) in [5, 5.41) is 7.88. The van der Waals surface area contributed by atoms with Gasteiger partial charge in [-0.1, -0.05) is 6.92 Å². The highest BCUT2D eigenvalue weighted by Gasteiger charge is 2.25. The number of hydrogen-bond donors (Lipinski definition) is 1. The third-order valence-corrected chi connectivity index (χ3v) is 4.84. The molecule has 1 amide bonds. The molecule has 3 rings (SSSR count). The smallest absolute Gasteiger partial charge is 0.254 e. The Kier molecular flexibility index (Phi) is 7.23. The van der Waals surface area contributed by atoms with Gasteiger partial charge in [0, 0.05) is 23.8 Å². The summed E-state index contributed by atoms with van der Waals surface area (Å²) in [6.45, 7) is 8.97. The van der Waals surface area contributed by atoms with Crippen molar-refractivity contribution in [3.63, 3.8) is 0 Å². The second-order valence-electron chi connectivity index (χ2n) is 6.87. The molecule has 0 spiro atoms. The highest BCUT2D eigenvalue weighted by atomic mass is 35.5. The van der Waals surface area contributed by atoms with E-state index in [1.165, 1.54) is 0 Å². The Labute approximate surface area is 162 Å². The van der Waals surface area contributed by atoms with Crippen LogP contribution >= 0.6 is 12.4 Å². The van der Waals surface area contributed by atoms with E-state index in [0.717, 1.165) is 61.5 Å². The van der Waals surface area contributed by atoms with Gasteiger partial charge in [-0.25, -0.2) is 4.68 Å². The van der Waals surface area contributed by atoms with E-state index < -0.39 is 0 Å². The summed E-state index contributed by atoms with van der Waals surface area (Å²) in [7, 11) is 0. The van der Waals surface area contributed by atoms with Gasteiger partial charge in [-0.3, -0.25) is 4.79 Å². The summed E-state index contributed by atoms with van der Waals surface area (Å²) in [4.78, 5) is 15.1. The van der Waals surface area contributed by atoms with Crippen molar-refractivity contribution in [1.29, 1.82) is 0 Å². The lowest BCUT2D eigenvalue weighted by Gasteiger charge is -2.34. The molecule has 0 radical (unpaired) electrons. The van der Waals surface area contributed by atoms with Gasteiger partial charge in [-0.2, -0.15) is 5.10 Å². The van der Waals surface area contributed by atoms with Crippen molar-refractivity contribution >= 4 is 18.3 Å². The fourth-order valence-electron chi connectivity index (χ4n) is 3.61. The third-order valence-electron chi connectivity index (χ3n) is 4.84. The molecular weight excluding hydrogens is 348 g/mol. The van der Waals surface area contributed by atoms with Gasteiger partial charge in [0.15, 0.2) is 0 Å². The molecule has 1 aromatic carbocycles. The molecule has 0 atom stereocenters. The lowest BCUT2D eigenvalue weighted by atomic mass is 10.0.